The van der Waals surface area contributed by atoms with Crippen LogP contribution in [0.2, 0.25) is 5.02 Å². The maximum atomic E-state index is 13.4. The Hall–Kier alpha value is -2.87. The van der Waals surface area contributed by atoms with E-state index in [2.05, 4.69) is 10.4 Å². The van der Waals surface area contributed by atoms with Crippen LogP contribution in [0.25, 0.3) is 11.2 Å². The van der Waals surface area contributed by atoms with E-state index in [1.165, 1.54) is 33.3 Å². The molecule has 3 rings (SSSR count). The topological polar surface area (TPSA) is 77.6 Å². The van der Waals surface area contributed by atoms with Gasteiger partial charge in [0.1, 0.15) is 16.9 Å². The first-order valence-corrected chi connectivity index (χ1v) is 9.00. The zero-order chi connectivity index (χ0) is 20.6. The molecule has 0 fully saturated rings. The lowest BCUT2D eigenvalue weighted by atomic mass is 10.2. The highest BCUT2D eigenvalue weighted by molar-refractivity contribution is 6.33. The highest BCUT2D eigenvalue weighted by atomic mass is 35.5. The van der Waals surface area contributed by atoms with Crippen LogP contribution in [-0.2, 0) is 4.74 Å². The van der Waals surface area contributed by atoms with Crippen LogP contribution in [0.1, 0.15) is 39.6 Å². The van der Waals surface area contributed by atoms with E-state index in [4.69, 9.17) is 16.3 Å². The van der Waals surface area contributed by atoms with Gasteiger partial charge in [-0.1, -0.05) is 11.6 Å². The van der Waals surface area contributed by atoms with Gasteiger partial charge in [-0.25, -0.2) is 13.7 Å². The minimum atomic E-state index is -0.682. The number of nitrogens with one attached hydrogen (secondary N) is 1. The minimum absolute atomic E-state index is 0.180. The molecular weight excluding hydrogens is 387 g/mol. The maximum Gasteiger partial charge on any atom is 0.408 e. The molecule has 1 atom stereocenters. The quantitative estimate of drug-likeness (QED) is 0.716. The van der Waals surface area contributed by atoms with Crippen molar-refractivity contribution in [2.24, 2.45) is 0 Å². The van der Waals surface area contributed by atoms with Crippen molar-refractivity contribution < 1.29 is 13.9 Å². The van der Waals surface area contributed by atoms with Crippen LogP contribution in [0.15, 0.2) is 41.3 Å². The van der Waals surface area contributed by atoms with Gasteiger partial charge in [0.2, 0.25) is 0 Å². The van der Waals surface area contributed by atoms with Crippen LogP contribution >= 0.6 is 11.6 Å². The maximum absolute atomic E-state index is 13.4. The Balaban J connectivity index is 2.12. The molecule has 148 valence electrons. The third-order valence-corrected chi connectivity index (χ3v) is 4.17. The molecular formula is C19H20ClFN4O3. The summed E-state index contributed by atoms with van der Waals surface area (Å²) in [6.07, 6.45) is 0.906. The van der Waals surface area contributed by atoms with Crippen LogP contribution in [0.4, 0.5) is 9.18 Å². The average molecular weight is 407 g/mol. The molecule has 0 saturated carbocycles. The molecule has 1 amide bonds. The highest BCUT2D eigenvalue weighted by Crippen LogP contribution is 2.20. The summed E-state index contributed by atoms with van der Waals surface area (Å²) in [4.78, 5) is 25.3. The molecule has 0 bridgehead atoms. The number of fused-ring (bicyclic) bond motifs is 1. The molecule has 7 nitrogen and oxygen atoms in total. The van der Waals surface area contributed by atoms with Crippen LogP contribution in [0.3, 0.4) is 0 Å². The van der Waals surface area contributed by atoms with Gasteiger partial charge >= 0.3 is 6.09 Å². The van der Waals surface area contributed by atoms with Crippen LogP contribution in [-0.4, -0.2) is 25.9 Å². The largest absolute Gasteiger partial charge is 0.444 e. The molecule has 0 aliphatic heterocycles. The fourth-order valence-corrected chi connectivity index (χ4v) is 2.94. The van der Waals surface area contributed by atoms with Gasteiger partial charge in [-0.15, -0.1) is 0 Å². The molecule has 0 aliphatic carbocycles. The van der Waals surface area contributed by atoms with Crippen LogP contribution < -0.4 is 10.9 Å². The van der Waals surface area contributed by atoms with E-state index in [0.29, 0.717) is 5.69 Å². The first kappa shape index (κ1) is 19.9. The Kier molecular flexibility index (Phi) is 5.16. The first-order chi connectivity index (χ1) is 13.1. The van der Waals surface area contributed by atoms with Gasteiger partial charge in [-0.2, -0.15) is 5.10 Å². The van der Waals surface area contributed by atoms with Crippen molar-refractivity contribution >= 4 is 23.2 Å². The smallest absolute Gasteiger partial charge is 0.408 e. The minimum Gasteiger partial charge on any atom is -0.444 e. The fourth-order valence-electron chi connectivity index (χ4n) is 2.72. The third kappa shape index (κ3) is 4.01. The van der Waals surface area contributed by atoms with E-state index in [-0.39, 0.29) is 16.4 Å². The average Bonchev–Trinajstić information content (AvgIpc) is 2.95. The summed E-state index contributed by atoms with van der Waals surface area (Å²) >= 11 is 6.13. The van der Waals surface area contributed by atoms with Crippen molar-refractivity contribution in [3.63, 3.8) is 0 Å². The SMILES string of the molecule is CC(NC(=O)OC(C)(C)C)c1nn2ccc(Cl)c2c(=O)n1-c1ccc(F)cc1. The van der Waals surface area contributed by atoms with E-state index < -0.39 is 29.1 Å². The Labute approximate surface area is 165 Å². The second-order valence-electron chi connectivity index (χ2n) is 7.30. The van der Waals surface area contributed by atoms with E-state index in [9.17, 15) is 14.0 Å². The predicted molar refractivity (Wildman–Crippen MR) is 104 cm³/mol. The van der Waals surface area contributed by atoms with E-state index in [1.54, 1.807) is 40.0 Å². The molecule has 1 N–H and O–H groups in total. The number of carbonyl (C=O) groups excluding carboxylic acids is 1. The van der Waals surface area contributed by atoms with Crippen molar-refractivity contribution in [1.82, 2.24) is 19.5 Å². The third-order valence-electron chi connectivity index (χ3n) is 3.87. The van der Waals surface area contributed by atoms with Gasteiger partial charge in [-0.3, -0.25) is 9.36 Å². The molecule has 9 heteroatoms. The Morgan fingerprint density at radius 3 is 2.50 bits per heavy atom. The number of carbonyl (C=O) groups is 1. The molecule has 3 aromatic rings. The molecule has 0 saturated heterocycles. The number of ether oxygens (including phenoxy) is 1. The van der Waals surface area contributed by atoms with Crippen molar-refractivity contribution in [2.75, 3.05) is 0 Å². The summed E-state index contributed by atoms with van der Waals surface area (Å²) in [7, 11) is 0. The zero-order valence-electron chi connectivity index (χ0n) is 15.9. The van der Waals surface area contributed by atoms with Gasteiger partial charge in [0.05, 0.1) is 16.8 Å². The number of halogens is 2. The van der Waals surface area contributed by atoms with Gasteiger partial charge in [-0.05, 0) is 58.0 Å². The Morgan fingerprint density at radius 2 is 1.89 bits per heavy atom. The van der Waals surface area contributed by atoms with Gasteiger partial charge in [0, 0.05) is 6.20 Å². The number of amides is 1. The van der Waals surface area contributed by atoms with E-state index in [0.717, 1.165) is 0 Å². The van der Waals surface area contributed by atoms with Crippen molar-refractivity contribution in [3.05, 3.63) is 63.5 Å². The van der Waals surface area contributed by atoms with E-state index in [1.807, 2.05) is 0 Å². The molecule has 0 radical (unpaired) electrons. The van der Waals surface area contributed by atoms with E-state index >= 15 is 0 Å². The summed E-state index contributed by atoms with van der Waals surface area (Å²) in [5.74, 6) is -0.199. The van der Waals surface area contributed by atoms with Crippen molar-refractivity contribution in [3.8, 4) is 5.69 Å². The number of benzene rings is 1. The lowest BCUT2D eigenvalue weighted by Gasteiger charge is -2.23. The number of alkyl carbamates (subject to hydrolysis) is 1. The Bertz CT molecular complexity index is 1080. The lowest BCUT2D eigenvalue weighted by Crippen LogP contribution is -2.37. The summed E-state index contributed by atoms with van der Waals surface area (Å²) in [5, 5.41) is 7.35. The molecule has 0 aliphatic rings. The lowest BCUT2D eigenvalue weighted by molar-refractivity contribution is 0.0505. The number of hydrogen-bond donors (Lipinski definition) is 1. The second-order valence-corrected chi connectivity index (χ2v) is 7.71. The fraction of sp³-hybridized carbons (Fsp3) is 0.316. The van der Waals surface area contributed by atoms with Crippen LogP contribution in [0, 0.1) is 5.82 Å². The normalized spacial score (nSPS) is 12.8. The molecule has 1 unspecified atom stereocenters. The monoisotopic (exact) mass is 406 g/mol. The summed E-state index contributed by atoms with van der Waals surface area (Å²) in [5.41, 5.74) is -0.540. The highest BCUT2D eigenvalue weighted by Gasteiger charge is 2.23. The number of rotatable bonds is 3. The molecule has 2 aromatic heterocycles. The van der Waals surface area contributed by atoms with Gasteiger partial charge < -0.3 is 10.1 Å². The van der Waals surface area contributed by atoms with Crippen LogP contribution in [0.5, 0.6) is 0 Å². The molecule has 2 heterocycles. The number of aromatic nitrogens is 3. The summed E-state index contributed by atoms with van der Waals surface area (Å²) < 4.78 is 21.3. The molecule has 1 aromatic carbocycles. The van der Waals surface area contributed by atoms with Crippen molar-refractivity contribution in [1.29, 1.82) is 0 Å². The summed E-state index contributed by atoms with van der Waals surface area (Å²) in [6, 6.07) is 6.25. The summed E-state index contributed by atoms with van der Waals surface area (Å²) in [6.45, 7) is 6.91. The first-order valence-electron chi connectivity index (χ1n) is 8.62. The Morgan fingerprint density at radius 1 is 1.25 bits per heavy atom. The van der Waals surface area contributed by atoms with Crippen molar-refractivity contribution in [2.45, 2.75) is 39.3 Å². The standard InChI is InChI=1S/C19H20ClFN4O3/c1-11(22-18(27)28-19(2,3)4)16-23-24-10-9-14(20)15(24)17(26)25(16)13-7-5-12(21)6-8-13/h5-11H,1-4H3,(H,22,27). The second kappa shape index (κ2) is 7.27. The van der Waals surface area contributed by atoms with Gasteiger partial charge in [0.25, 0.3) is 5.56 Å². The zero-order valence-corrected chi connectivity index (χ0v) is 16.6. The number of nitrogens with zero attached hydrogens (tertiary/aromatic N) is 3. The number of hydrogen-bond acceptors (Lipinski definition) is 4. The molecule has 0 spiro atoms. The molecule has 28 heavy (non-hydrogen) atoms. The predicted octanol–water partition coefficient (Wildman–Crippen LogP) is 3.86. The van der Waals surface area contributed by atoms with Gasteiger partial charge in [0.15, 0.2) is 5.82 Å².